The Labute approximate surface area is 122 Å². The van der Waals surface area contributed by atoms with E-state index in [1.807, 2.05) is 0 Å². The second-order valence-electron chi connectivity index (χ2n) is 6.73. The first-order valence-electron chi connectivity index (χ1n) is 8.33. The van der Waals surface area contributed by atoms with Crippen LogP contribution < -0.4 is 5.32 Å². The Morgan fingerprint density at radius 3 is 2.70 bits per heavy atom. The highest BCUT2D eigenvalue weighted by Crippen LogP contribution is 2.24. The molecule has 1 aliphatic carbocycles. The predicted molar refractivity (Wildman–Crippen MR) is 80.8 cm³/mol. The monoisotopic (exact) mass is 282 g/mol. The molecular weight excluding hydrogens is 252 g/mol. The molecular formula is C16H30N2O2. The summed E-state index contributed by atoms with van der Waals surface area (Å²) in [6, 6.07) is 0.422. The third-order valence-corrected chi connectivity index (χ3v) is 4.98. The molecule has 2 aliphatic rings. The van der Waals surface area contributed by atoms with Crippen LogP contribution in [0.1, 0.15) is 51.9 Å². The van der Waals surface area contributed by atoms with Gasteiger partial charge in [0.05, 0.1) is 5.92 Å². The maximum absolute atomic E-state index is 11.0. The Morgan fingerprint density at radius 1 is 1.25 bits per heavy atom. The molecule has 116 valence electrons. The molecule has 20 heavy (non-hydrogen) atoms. The molecule has 4 nitrogen and oxygen atoms in total. The summed E-state index contributed by atoms with van der Waals surface area (Å²) in [6.07, 6.45) is 7.75. The molecule has 1 saturated heterocycles. The van der Waals surface area contributed by atoms with Crippen LogP contribution in [-0.4, -0.2) is 48.2 Å². The van der Waals surface area contributed by atoms with Crippen LogP contribution >= 0.6 is 0 Å². The van der Waals surface area contributed by atoms with Crippen molar-refractivity contribution in [3.05, 3.63) is 0 Å². The summed E-state index contributed by atoms with van der Waals surface area (Å²) in [4.78, 5) is 13.6. The summed E-state index contributed by atoms with van der Waals surface area (Å²) >= 11 is 0. The molecule has 4 heteroatoms. The number of piperidine rings is 1. The van der Waals surface area contributed by atoms with E-state index in [0.29, 0.717) is 6.04 Å². The van der Waals surface area contributed by atoms with Crippen LogP contribution in [0.15, 0.2) is 0 Å². The molecule has 2 fully saturated rings. The Kier molecular flexibility index (Phi) is 6.30. The molecule has 0 amide bonds. The van der Waals surface area contributed by atoms with E-state index >= 15 is 0 Å². The van der Waals surface area contributed by atoms with Gasteiger partial charge in [0.1, 0.15) is 0 Å². The third-order valence-electron chi connectivity index (χ3n) is 4.98. The van der Waals surface area contributed by atoms with Crippen molar-refractivity contribution < 1.29 is 9.90 Å². The van der Waals surface area contributed by atoms with Gasteiger partial charge >= 0.3 is 5.97 Å². The minimum Gasteiger partial charge on any atom is -0.481 e. The van der Waals surface area contributed by atoms with Gasteiger partial charge in [0.25, 0.3) is 0 Å². The smallest absolute Gasteiger partial charge is 0.306 e. The second kappa shape index (κ2) is 7.99. The molecule has 0 aromatic rings. The van der Waals surface area contributed by atoms with Crippen molar-refractivity contribution >= 4 is 5.97 Å². The number of nitrogens with zero attached hydrogens (tertiary/aromatic N) is 1. The number of carboxylic acids is 1. The largest absolute Gasteiger partial charge is 0.481 e. The first-order valence-corrected chi connectivity index (χ1v) is 8.33. The highest BCUT2D eigenvalue weighted by atomic mass is 16.4. The Hall–Kier alpha value is -0.610. The Balaban J connectivity index is 1.55. The number of hydrogen-bond donors (Lipinski definition) is 2. The maximum Gasteiger partial charge on any atom is 0.306 e. The van der Waals surface area contributed by atoms with E-state index in [2.05, 4.69) is 17.1 Å². The van der Waals surface area contributed by atoms with Crippen LogP contribution in [0.2, 0.25) is 0 Å². The van der Waals surface area contributed by atoms with Crippen LogP contribution in [0.4, 0.5) is 0 Å². The van der Waals surface area contributed by atoms with Crippen LogP contribution in [-0.2, 0) is 4.79 Å². The van der Waals surface area contributed by atoms with Crippen LogP contribution in [0.3, 0.4) is 0 Å². The number of nitrogens with one attached hydrogen (secondary N) is 1. The predicted octanol–water partition coefficient (Wildman–Crippen LogP) is 2.34. The van der Waals surface area contributed by atoms with Crippen LogP contribution in [0.5, 0.6) is 0 Å². The molecule has 0 bridgehead atoms. The van der Waals surface area contributed by atoms with Gasteiger partial charge in [0.15, 0.2) is 0 Å². The molecule has 1 saturated carbocycles. The first kappa shape index (κ1) is 15.8. The number of likely N-dealkylation sites (tertiary alicyclic amines) is 1. The summed E-state index contributed by atoms with van der Waals surface area (Å²) in [5.41, 5.74) is 0. The lowest BCUT2D eigenvalue weighted by Crippen LogP contribution is -2.39. The van der Waals surface area contributed by atoms with Crippen molar-refractivity contribution in [2.75, 3.05) is 26.2 Å². The minimum atomic E-state index is -0.612. The molecule has 0 aromatic carbocycles. The van der Waals surface area contributed by atoms with Gasteiger partial charge in [-0.2, -0.15) is 0 Å². The molecule has 2 N–H and O–H groups in total. The van der Waals surface area contributed by atoms with Crippen molar-refractivity contribution in [3.63, 3.8) is 0 Å². The third kappa shape index (κ3) is 5.06. The van der Waals surface area contributed by atoms with Crippen LogP contribution in [0.25, 0.3) is 0 Å². The lowest BCUT2D eigenvalue weighted by molar-refractivity contribution is -0.143. The summed E-state index contributed by atoms with van der Waals surface area (Å²) < 4.78 is 0. The lowest BCUT2D eigenvalue weighted by atomic mass is 9.86. The fraction of sp³-hybridized carbons (Fsp3) is 0.938. The number of hydrogen-bond acceptors (Lipinski definition) is 3. The average molecular weight is 282 g/mol. The maximum atomic E-state index is 11.0. The number of carbonyl (C=O) groups is 1. The lowest BCUT2D eigenvalue weighted by Gasteiger charge is -2.31. The van der Waals surface area contributed by atoms with E-state index in [4.69, 9.17) is 5.11 Å². The zero-order valence-electron chi connectivity index (χ0n) is 12.8. The zero-order valence-corrected chi connectivity index (χ0v) is 12.8. The van der Waals surface area contributed by atoms with E-state index in [1.165, 1.54) is 38.9 Å². The molecule has 2 unspecified atom stereocenters. The summed E-state index contributed by atoms with van der Waals surface area (Å²) in [6.45, 7) is 7.08. The number of rotatable bonds is 6. The zero-order chi connectivity index (χ0) is 14.4. The fourth-order valence-corrected chi connectivity index (χ4v) is 3.49. The van der Waals surface area contributed by atoms with E-state index in [-0.39, 0.29) is 5.92 Å². The summed E-state index contributed by atoms with van der Waals surface area (Å²) in [7, 11) is 0. The van der Waals surface area contributed by atoms with Crippen LogP contribution in [0, 0.1) is 11.8 Å². The Bertz CT molecular complexity index is 301. The topological polar surface area (TPSA) is 52.6 Å². The molecule has 0 aromatic heterocycles. The normalized spacial score (nSPS) is 29.4. The summed E-state index contributed by atoms with van der Waals surface area (Å²) in [5.74, 6) is 0.170. The van der Waals surface area contributed by atoms with E-state index in [0.717, 1.165) is 38.1 Å². The first-order chi connectivity index (χ1) is 9.65. The molecule has 2 rings (SSSR count). The van der Waals surface area contributed by atoms with Crippen molar-refractivity contribution in [1.29, 1.82) is 0 Å². The quantitative estimate of drug-likeness (QED) is 0.734. The Morgan fingerprint density at radius 2 is 2.00 bits per heavy atom. The average Bonchev–Trinajstić information content (AvgIpc) is 2.46. The molecule has 1 heterocycles. The second-order valence-corrected chi connectivity index (χ2v) is 6.73. The van der Waals surface area contributed by atoms with Gasteiger partial charge in [0, 0.05) is 6.04 Å². The van der Waals surface area contributed by atoms with Crippen molar-refractivity contribution in [3.8, 4) is 0 Å². The van der Waals surface area contributed by atoms with E-state index < -0.39 is 5.97 Å². The highest BCUT2D eigenvalue weighted by molar-refractivity contribution is 5.70. The summed E-state index contributed by atoms with van der Waals surface area (Å²) in [5, 5.41) is 12.6. The van der Waals surface area contributed by atoms with Crippen molar-refractivity contribution in [2.24, 2.45) is 11.8 Å². The van der Waals surface area contributed by atoms with E-state index in [1.54, 1.807) is 0 Å². The van der Waals surface area contributed by atoms with Gasteiger partial charge in [-0.1, -0.05) is 13.3 Å². The van der Waals surface area contributed by atoms with Gasteiger partial charge in [-0.15, -0.1) is 0 Å². The fourth-order valence-electron chi connectivity index (χ4n) is 3.49. The standard InChI is InChI=1S/C16H30N2O2/c1-13-6-10-18(11-7-13)9-3-8-17-15-5-2-4-14(12-15)16(19)20/h13-15,17H,2-12H2,1H3,(H,19,20). The van der Waals surface area contributed by atoms with Crippen molar-refractivity contribution in [1.82, 2.24) is 10.2 Å². The van der Waals surface area contributed by atoms with Gasteiger partial charge in [-0.25, -0.2) is 0 Å². The van der Waals surface area contributed by atoms with Crippen molar-refractivity contribution in [2.45, 2.75) is 57.9 Å². The minimum absolute atomic E-state index is 0.121. The molecule has 0 spiro atoms. The SMILES string of the molecule is CC1CCN(CCCNC2CCCC(C(=O)O)C2)CC1. The van der Waals surface area contributed by atoms with Gasteiger partial charge in [-0.05, 0) is 70.6 Å². The molecule has 2 atom stereocenters. The van der Waals surface area contributed by atoms with E-state index in [9.17, 15) is 4.79 Å². The highest BCUT2D eigenvalue weighted by Gasteiger charge is 2.26. The van der Waals surface area contributed by atoms with Gasteiger partial charge < -0.3 is 15.3 Å². The molecule has 1 aliphatic heterocycles. The number of aliphatic carboxylic acids is 1. The number of carboxylic acid groups (broad SMARTS) is 1. The van der Waals surface area contributed by atoms with Gasteiger partial charge in [0.2, 0.25) is 0 Å². The van der Waals surface area contributed by atoms with Gasteiger partial charge in [-0.3, -0.25) is 4.79 Å². The molecule has 0 radical (unpaired) electrons.